The summed E-state index contributed by atoms with van der Waals surface area (Å²) in [6, 6.07) is 15.8. The minimum atomic E-state index is 0. The molecule has 0 radical (unpaired) electrons. The summed E-state index contributed by atoms with van der Waals surface area (Å²) in [4.78, 5) is 14.4. The Hall–Kier alpha value is -2.63. The van der Waals surface area contributed by atoms with Crippen LogP contribution >= 0.6 is 12.4 Å². The maximum Gasteiger partial charge on any atom is 0.253 e. The van der Waals surface area contributed by atoms with E-state index in [1.54, 1.807) is 0 Å². The van der Waals surface area contributed by atoms with Crippen molar-refractivity contribution >= 4 is 41.4 Å². The van der Waals surface area contributed by atoms with Gasteiger partial charge >= 0.3 is 0 Å². The summed E-state index contributed by atoms with van der Waals surface area (Å²) in [5.41, 5.74) is 3.73. The molecule has 26 heavy (non-hydrogen) atoms. The zero-order valence-corrected chi connectivity index (χ0v) is 15.1. The second-order valence-corrected chi connectivity index (χ2v) is 6.15. The van der Waals surface area contributed by atoms with Crippen LogP contribution in [-0.4, -0.2) is 47.2 Å². The number of halogens is 1. The lowest BCUT2D eigenvalue weighted by Gasteiger charge is -2.27. The highest BCUT2D eigenvalue weighted by molar-refractivity contribution is 5.95. The van der Waals surface area contributed by atoms with Crippen molar-refractivity contribution in [3.8, 4) is 0 Å². The molecular formula is C20H21ClN4O. The van der Waals surface area contributed by atoms with Gasteiger partial charge in [0, 0.05) is 37.1 Å². The fourth-order valence-electron chi connectivity index (χ4n) is 3.07. The monoisotopic (exact) mass is 368 g/mol. The number of nitrogens with one attached hydrogen (secondary N) is 2. The Morgan fingerprint density at radius 1 is 1.00 bits per heavy atom. The zero-order chi connectivity index (χ0) is 17.1. The Kier molecular flexibility index (Phi) is 5.71. The predicted octanol–water partition coefficient (Wildman–Crippen LogP) is 3.20. The number of para-hydroxylation sites is 1. The minimum absolute atomic E-state index is 0. The van der Waals surface area contributed by atoms with Gasteiger partial charge in [-0.2, -0.15) is 5.10 Å². The highest BCUT2D eigenvalue weighted by Gasteiger charge is 2.17. The summed E-state index contributed by atoms with van der Waals surface area (Å²) in [5, 5.41) is 11.7. The first kappa shape index (κ1) is 18.2. The van der Waals surface area contributed by atoms with E-state index < -0.39 is 0 Å². The van der Waals surface area contributed by atoms with Crippen LogP contribution in [0.1, 0.15) is 21.6 Å². The molecule has 1 saturated heterocycles. The third-order valence-corrected chi connectivity index (χ3v) is 4.50. The van der Waals surface area contributed by atoms with Crippen LogP contribution in [0.25, 0.3) is 23.1 Å². The molecule has 0 unspecified atom stereocenters. The molecule has 3 aromatic rings. The van der Waals surface area contributed by atoms with E-state index in [0.29, 0.717) is 0 Å². The molecule has 4 rings (SSSR count). The smallest absolute Gasteiger partial charge is 0.253 e. The number of fused-ring (bicyclic) bond motifs is 1. The average Bonchev–Trinajstić information content (AvgIpc) is 3.10. The normalized spacial score (nSPS) is 14.5. The van der Waals surface area contributed by atoms with Gasteiger partial charge in [-0.1, -0.05) is 36.4 Å². The number of H-pyrrole nitrogens is 1. The maximum atomic E-state index is 12.5. The van der Waals surface area contributed by atoms with Crippen molar-refractivity contribution in [1.29, 1.82) is 0 Å². The van der Waals surface area contributed by atoms with Gasteiger partial charge in [0.2, 0.25) is 0 Å². The van der Waals surface area contributed by atoms with Gasteiger partial charge in [0.15, 0.2) is 0 Å². The van der Waals surface area contributed by atoms with E-state index in [1.807, 2.05) is 65.6 Å². The lowest BCUT2D eigenvalue weighted by atomic mass is 10.1. The van der Waals surface area contributed by atoms with Gasteiger partial charge in [-0.3, -0.25) is 9.89 Å². The third-order valence-electron chi connectivity index (χ3n) is 4.50. The third kappa shape index (κ3) is 3.79. The van der Waals surface area contributed by atoms with Gasteiger partial charge < -0.3 is 10.2 Å². The number of hydrogen-bond donors (Lipinski definition) is 2. The van der Waals surface area contributed by atoms with Crippen LogP contribution < -0.4 is 5.32 Å². The first-order valence-electron chi connectivity index (χ1n) is 8.52. The Balaban J connectivity index is 0.00000196. The molecule has 0 aliphatic carbocycles. The van der Waals surface area contributed by atoms with Crippen molar-refractivity contribution in [2.45, 2.75) is 0 Å². The number of nitrogens with zero attached hydrogens (tertiary/aromatic N) is 2. The second-order valence-electron chi connectivity index (χ2n) is 6.15. The summed E-state index contributed by atoms with van der Waals surface area (Å²) in [5.74, 6) is 0.107. The summed E-state index contributed by atoms with van der Waals surface area (Å²) >= 11 is 0. The van der Waals surface area contributed by atoms with Crippen LogP contribution in [0.15, 0.2) is 48.5 Å². The number of benzene rings is 2. The maximum absolute atomic E-state index is 12.5. The number of aromatic amines is 1. The zero-order valence-electron chi connectivity index (χ0n) is 14.3. The molecule has 0 spiro atoms. The molecule has 5 nitrogen and oxygen atoms in total. The molecule has 2 N–H and O–H groups in total. The summed E-state index contributed by atoms with van der Waals surface area (Å²) < 4.78 is 0. The molecule has 1 amide bonds. The van der Waals surface area contributed by atoms with Crippen LogP contribution in [0.4, 0.5) is 0 Å². The minimum Gasteiger partial charge on any atom is -0.336 e. The molecule has 0 atom stereocenters. The van der Waals surface area contributed by atoms with Gasteiger partial charge in [0.25, 0.3) is 5.91 Å². The molecule has 2 heterocycles. The average molecular weight is 369 g/mol. The molecular weight excluding hydrogens is 348 g/mol. The summed E-state index contributed by atoms with van der Waals surface area (Å²) in [6.45, 7) is 3.27. The Labute approximate surface area is 158 Å². The topological polar surface area (TPSA) is 61.0 Å². The molecule has 1 aromatic heterocycles. The second kappa shape index (κ2) is 8.17. The van der Waals surface area contributed by atoms with Crippen molar-refractivity contribution in [3.63, 3.8) is 0 Å². The van der Waals surface area contributed by atoms with Gasteiger partial charge in [-0.25, -0.2) is 0 Å². The van der Waals surface area contributed by atoms with Crippen LogP contribution in [-0.2, 0) is 0 Å². The molecule has 6 heteroatoms. The van der Waals surface area contributed by atoms with Crippen molar-refractivity contribution in [3.05, 3.63) is 65.4 Å². The highest BCUT2D eigenvalue weighted by Crippen LogP contribution is 2.18. The number of aromatic nitrogens is 2. The standard InChI is InChI=1S/C20H20N4O.ClH/c25-20(24-13-11-21-12-14-24)16-8-5-15(6-9-16)7-10-19-17-3-1-2-4-18(17)22-23-19;/h1-10,21H,11-14H2,(H,22,23);1H/b10-7+;. The predicted molar refractivity (Wildman–Crippen MR) is 107 cm³/mol. The molecule has 0 bridgehead atoms. The van der Waals surface area contributed by atoms with Crippen molar-refractivity contribution in [2.75, 3.05) is 26.2 Å². The largest absolute Gasteiger partial charge is 0.336 e. The Bertz CT molecular complexity index is 911. The number of rotatable bonds is 3. The van der Waals surface area contributed by atoms with Crippen LogP contribution in [0, 0.1) is 0 Å². The number of amides is 1. The van der Waals surface area contributed by atoms with Crippen molar-refractivity contribution < 1.29 is 4.79 Å². The van der Waals surface area contributed by atoms with E-state index in [9.17, 15) is 4.79 Å². The molecule has 1 aliphatic heterocycles. The van der Waals surface area contributed by atoms with E-state index in [1.165, 1.54) is 0 Å². The number of carbonyl (C=O) groups excluding carboxylic acids is 1. The van der Waals surface area contributed by atoms with Crippen molar-refractivity contribution in [1.82, 2.24) is 20.4 Å². The van der Waals surface area contributed by atoms with Gasteiger partial charge in [0.05, 0.1) is 11.2 Å². The number of piperazine rings is 1. The fourth-order valence-corrected chi connectivity index (χ4v) is 3.07. The summed E-state index contributed by atoms with van der Waals surface area (Å²) in [6.07, 6.45) is 4.01. The molecule has 0 saturated carbocycles. The molecule has 2 aromatic carbocycles. The van der Waals surface area contributed by atoms with E-state index in [0.717, 1.165) is 53.9 Å². The first-order chi connectivity index (χ1) is 12.3. The van der Waals surface area contributed by atoms with Gasteiger partial charge in [-0.15, -0.1) is 12.4 Å². The van der Waals surface area contributed by atoms with E-state index in [-0.39, 0.29) is 18.3 Å². The highest BCUT2D eigenvalue weighted by atomic mass is 35.5. The van der Waals surface area contributed by atoms with E-state index in [2.05, 4.69) is 15.5 Å². The van der Waals surface area contributed by atoms with Crippen LogP contribution in [0.5, 0.6) is 0 Å². The quantitative estimate of drug-likeness (QED) is 0.746. The lowest BCUT2D eigenvalue weighted by molar-refractivity contribution is 0.0736. The van der Waals surface area contributed by atoms with E-state index in [4.69, 9.17) is 0 Å². The van der Waals surface area contributed by atoms with Crippen molar-refractivity contribution in [2.24, 2.45) is 0 Å². The first-order valence-corrected chi connectivity index (χ1v) is 8.52. The number of carbonyl (C=O) groups is 1. The van der Waals surface area contributed by atoms with E-state index >= 15 is 0 Å². The Morgan fingerprint density at radius 3 is 2.50 bits per heavy atom. The van der Waals surface area contributed by atoms with Gasteiger partial charge in [-0.05, 0) is 29.8 Å². The lowest BCUT2D eigenvalue weighted by Crippen LogP contribution is -2.46. The van der Waals surface area contributed by atoms with Crippen LogP contribution in [0.2, 0.25) is 0 Å². The SMILES string of the molecule is Cl.O=C(c1ccc(/C=C/c2n[nH]c3ccccc23)cc1)N1CCNCC1. The summed E-state index contributed by atoms with van der Waals surface area (Å²) in [7, 11) is 0. The molecule has 1 fully saturated rings. The fraction of sp³-hybridized carbons (Fsp3) is 0.200. The molecule has 134 valence electrons. The molecule has 1 aliphatic rings. The van der Waals surface area contributed by atoms with Gasteiger partial charge in [0.1, 0.15) is 0 Å². The van der Waals surface area contributed by atoms with Crippen LogP contribution in [0.3, 0.4) is 0 Å². The Morgan fingerprint density at radius 2 is 1.73 bits per heavy atom. The number of hydrogen-bond acceptors (Lipinski definition) is 3.